The Morgan fingerprint density at radius 2 is 1.93 bits per heavy atom. The summed E-state index contributed by atoms with van der Waals surface area (Å²) in [5, 5.41) is 16.0. The Labute approximate surface area is 165 Å². The molecule has 11 heteroatoms. The fraction of sp³-hybridized carbons (Fsp3) is 0.0556. The lowest BCUT2D eigenvalue weighted by Crippen LogP contribution is -2.08. The zero-order chi connectivity index (χ0) is 20.8. The molecule has 3 aromatic heterocycles. The molecule has 0 amide bonds. The van der Waals surface area contributed by atoms with Crippen molar-refractivity contribution in [1.82, 2.24) is 19.7 Å². The fourth-order valence-corrected chi connectivity index (χ4v) is 3.02. The average Bonchev–Trinajstić information content (AvgIpc) is 3.16. The van der Waals surface area contributed by atoms with Gasteiger partial charge in [-0.25, -0.2) is 14.6 Å². The number of nitrogens with zero attached hydrogens (tertiary/aromatic N) is 5. The summed E-state index contributed by atoms with van der Waals surface area (Å²) in [6.07, 6.45) is -0.356. The second-order valence-corrected chi connectivity index (χ2v) is 6.42. The minimum absolute atomic E-state index is 0.0966. The van der Waals surface area contributed by atoms with Crippen molar-refractivity contribution in [2.45, 2.75) is 6.18 Å². The van der Waals surface area contributed by atoms with Crippen molar-refractivity contribution < 1.29 is 18.1 Å². The van der Waals surface area contributed by atoms with Crippen molar-refractivity contribution in [3.05, 3.63) is 75.8 Å². The first kappa shape index (κ1) is 18.8. The number of nitro benzene ring substituents is 1. The number of fused-ring (bicyclic) bond motifs is 1. The molecule has 7 nitrogen and oxygen atoms in total. The quantitative estimate of drug-likeness (QED) is 0.342. The lowest BCUT2D eigenvalue weighted by molar-refractivity contribution is -0.384. The minimum atomic E-state index is -4.57. The summed E-state index contributed by atoms with van der Waals surface area (Å²) in [6, 6.07) is 7.73. The Bertz CT molecular complexity index is 1260. The number of pyridine rings is 2. The second-order valence-electron chi connectivity index (χ2n) is 5.99. The van der Waals surface area contributed by atoms with Crippen LogP contribution in [0.2, 0.25) is 5.02 Å². The first-order valence-corrected chi connectivity index (χ1v) is 8.44. The van der Waals surface area contributed by atoms with E-state index in [2.05, 4.69) is 15.1 Å². The van der Waals surface area contributed by atoms with Crippen molar-refractivity contribution in [3.8, 4) is 16.9 Å². The number of rotatable bonds is 3. The molecule has 0 aliphatic carbocycles. The van der Waals surface area contributed by atoms with E-state index in [1.54, 1.807) is 0 Å². The van der Waals surface area contributed by atoms with Gasteiger partial charge in [0.15, 0.2) is 5.82 Å². The third-order valence-corrected chi connectivity index (χ3v) is 4.39. The smallest absolute Gasteiger partial charge is 0.258 e. The molecule has 0 spiro atoms. The summed E-state index contributed by atoms with van der Waals surface area (Å²) >= 11 is 5.84. The number of benzene rings is 1. The molecule has 3 heterocycles. The molecule has 0 fully saturated rings. The minimum Gasteiger partial charge on any atom is -0.258 e. The maximum absolute atomic E-state index is 12.9. The van der Waals surface area contributed by atoms with Crippen molar-refractivity contribution >= 4 is 28.2 Å². The molecule has 146 valence electrons. The highest BCUT2D eigenvalue weighted by Gasteiger charge is 2.32. The van der Waals surface area contributed by atoms with Gasteiger partial charge in [-0.05, 0) is 30.3 Å². The van der Waals surface area contributed by atoms with Crippen LogP contribution >= 0.6 is 11.6 Å². The molecule has 0 radical (unpaired) electrons. The van der Waals surface area contributed by atoms with E-state index in [1.807, 2.05) is 0 Å². The van der Waals surface area contributed by atoms with Crippen molar-refractivity contribution in [2.24, 2.45) is 0 Å². The highest BCUT2D eigenvalue weighted by atomic mass is 35.5. The number of aromatic nitrogens is 4. The Morgan fingerprint density at radius 1 is 1.14 bits per heavy atom. The third kappa shape index (κ3) is 3.49. The summed E-state index contributed by atoms with van der Waals surface area (Å²) in [7, 11) is 0. The van der Waals surface area contributed by atoms with Crippen LogP contribution in [-0.2, 0) is 6.18 Å². The number of hydrogen-bond donors (Lipinski definition) is 0. The van der Waals surface area contributed by atoms with Gasteiger partial charge in [-0.2, -0.15) is 18.3 Å². The molecule has 29 heavy (non-hydrogen) atoms. The normalized spacial score (nSPS) is 11.7. The maximum atomic E-state index is 12.9. The van der Waals surface area contributed by atoms with Crippen LogP contribution in [0.3, 0.4) is 0 Å². The Hall–Kier alpha value is -3.53. The monoisotopic (exact) mass is 419 g/mol. The first-order chi connectivity index (χ1) is 13.7. The number of alkyl halides is 3. The first-order valence-electron chi connectivity index (χ1n) is 8.06. The van der Waals surface area contributed by atoms with Crippen LogP contribution in [0.25, 0.3) is 27.8 Å². The van der Waals surface area contributed by atoms with Gasteiger partial charge in [0.2, 0.25) is 0 Å². The largest absolute Gasteiger partial charge is 0.433 e. The van der Waals surface area contributed by atoms with Crippen molar-refractivity contribution in [3.63, 3.8) is 0 Å². The van der Waals surface area contributed by atoms with Gasteiger partial charge in [-0.3, -0.25) is 10.1 Å². The van der Waals surface area contributed by atoms with Gasteiger partial charge in [0.25, 0.3) is 5.69 Å². The van der Waals surface area contributed by atoms with Gasteiger partial charge < -0.3 is 0 Å². The maximum Gasteiger partial charge on any atom is 0.433 e. The molecule has 0 aliphatic heterocycles. The molecule has 0 saturated carbocycles. The zero-order valence-electron chi connectivity index (χ0n) is 14.3. The number of halogens is 4. The van der Waals surface area contributed by atoms with Crippen molar-refractivity contribution in [2.75, 3.05) is 0 Å². The molecule has 0 unspecified atom stereocenters. The van der Waals surface area contributed by atoms with E-state index in [1.165, 1.54) is 53.6 Å². The van der Waals surface area contributed by atoms with Gasteiger partial charge in [-0.1, -0.05) is 11.6 Å². The molecule has 1 aromatic carbocycles. The van der Waals surface area contributed by atoms with Crippen LogP contribution in [0, 0.1) is 10.1 Å². The van der Waals surface area contributed by atoms with E-state index in [0.29, 0.717) is 16.5 Å². The van der Waals surface area contributed by atoms with E-state index in [4.69, 9.17) is 11.6 Å². The van der Waals surface area contributed by atoms with Crippen LogP contribution in [0.15, 0.2) is 55.0 Å². The fourth-order valence-electron chi connectivity index (χ4n) is 2.86. The number of nitro groups is 1. The van der Waals surface area contributed by atoms with Gasteiger partial charge >= 0.3 is 6.18 Å². The van der Waals surface area contributed by atoms with Crippen LogP contribution < -0.4 is 0 Å². The Balaban J connectivity index is 1.82. The van der Waals surface area contributed by atoms with Gasteiger partial charge in [0, 0.05) is 34.4 Å². The Morgan fingerprint density at radius 3 is 2.66 bits per heavy atom. The zero-order valence-corrected chi connectivity index (χ0v) is 15.0. The molecule has 0 aliphatic rings. The van der Waals surface area contributed by atoms with E-state index >= 15 is 0 Å². The standard InChI is InChI=1S/C18H9ClF3N5O2/c19-11-1-2-12(15(7-11)27(28)29)10-8-24-26(9-10)17-13-3-4-16(18(20,21)22)25-14(13)5-6-23-17/h1-9H. The summed E-state index contributed by atoms with van der Waals surface area (Å²) in [5.41, 5.74) is -0.394. The predicted octanol–water partition coefficient (Wildman–Crippen LogP) is 5.06. The van der Waals surface area contributed by atoms with E-state index in [9.17, 15) is 23.3 Å². The average molecular weight is 420 g/mol. The van der Waals surface area contributed by atoms with Crippen LogP contribution in [-0.4, -0.2) is 24.7 Å². The molecule has 0 N–H and O–H groups in total. The molecule has 4 rings (SSSR count). The summed E-state index contributed by atoms with van der Waals surface area (Å²) < 4.78 is 40.0. The number of hydrogen-bond acceptors (Lipinski definition) is 5. The van der Waals surface area contributed by atoms with Gasteiger partial charge in [0.1, 0.15) is 5.69 Å². The SMILES string of the molecule is O=[N+]([O-])c1cc(Cl)ccc1-c1cnn(-c2nccc3nc(C(F)(F)F)ccc23)c1. The lowest BCUT2D eigenvalue weighted by Gasteiger charge is -2.09. The van der Waals surface area contributed by atoms with Gasteiger partial charge in [-0.15, -0.1) is 0 Å². The van der Waals surface area contributed by atoms with Gasteiger partial charge in [0.05, 0.1) is 22.2 Å². The van der Waals surface area contributed by atoms with Crippen LogP contribution in [0.5, 0.6) is 0 Å². The highest BCUT2D eigenvalue weighted by molar-refractivity contribution is 6.30. The highest BCUT2D eigenvalue weighted by Crippen LogP contribution is 2.33. The molecule has 4 aromatic rings. The molecule has 0 atom stereocenters. The van der Waals surface area contributed by atoms with Crippen molar-refractivity contribution in [1.29, 1.82) is 0 Å². The summed E-state index contributed by atoms with van der Waals surface area (Å²) in [4.78, 5) is 18.6. The topological polar surface area (TPSA) is 86.7 Å². The van der Waals surface area contributed by atoms with Crippen LogP contribution in [0.1, 0.15) is 5.69 Å². The second kappa shape index (κ2) is 6.82. The third-order valence-electron chi connectivity index (χ3n) is 4.15. The summed E-state index contributed by atoms with van der Waals surface area (Å²) in [5.74, 6) is 0.242. The Kier molecular flexibility index (Phi) is 4.42. The lowest BCUT2D eigenvalue weighted by atomic mass is 10.1. The molecular weight excluding hydrogens is 411 g/mol. The van der Waals surface area contributed by atoms with Crippen LogP contribution in [0.4, 0.5) is 18.9 Å². The summed E-state index contributed by atoms with van der Waals surface area (Å²) in [6.45, 7) is 0. The molecule has 0 saturated heterocycles. The predicted molar refractivity (Wildman–Crippen MR) is 98.8 cm³/mol. The van der Waals surface area contributed by atoms with E-state index in [-0.39, 0.29) is 22.0 Å². The van der Waals surface area contributed by atoms with E-state index < -0.39 is 16.8 Å². The van der Waals surface area contributed by atoms with E-state index in [0.717, 1.165) is 6.07 Å². The molecule has 0 bridgehead atoms. The molecular formula is C18H9ClF3N5O2.